The molecule has 13 heteroatoms. The van der Waals surface area contributed by atoms with Gasteiger partial charge in [-0.2, -0.15) is 15.0 Å². The number of carbonyl (C=O) groups excluding carboxylic acids is 1. The monoisotopic (exact) mass is 648 g/mol. The van der Waals surface area contributed by atoms with Crippen LogP contribution >= 0.6 is 23.2 Å². The van der Waals surface area contributed by atoms with Gasteiger partial charge in [-0.15, -0.1) is 0 Å². The fourth-order valence-electron chi connectivity index (χ4n) is 3.46. The maximum atomic E-state index is 11.7. The molecule has 45 heavy (non-hydrogen) atoms. The molecule has 0 bridgehead atoms. The van der Waals surface area contributed by atoms with Crippen LogP contribution in [0.5, 0.6) is 28.7 Å². The van der Waals surface area contributed by atoms with Crippen molar-refractivity contribution in [2.75, 3.05) is 16.8 Å². The number of rotatable bonds is 7. The number of aromatic nitrogens is 3. The van der Waals surface area contributed by atoms with Crippen molar-refractivity contribution in [3.05, 3.63) is 108 Å². The highest BCUT2D eigenvalue weighted by atomic mass is 35.5. The summed E-state index contributed by atoms with van der Waals surface area (Å²) in [6.45, 7) is 5.25. The van der Waals surface area contributed by atoms with Crippen LogP contribution in [0.4, 0.5) is 27.8 Å². The van der Waals surface area contributed by atoms with Gasteiger partial charge < -0.3 is 35.7 Å². The predicted octanol–water partition coefficient (Wildman–Crippen LogP) is 8.67. The van der Waals surface area contributed by atoms with Crippen molar-refractivity contribution in [2.45, 2.75) is 26.4 Å². The average Bonchev–Trinajstić information content (AvgIpc) is 2.95. The van der Waals surface area contributed by atoms with Crippen LogP contribution in [0.2, 0.25) is 10.6 Å². The van der Waals surface area contributed by atoms with E-state index < -0.39 is 11.8 Å². The normalized spacial score (nSPS) is 10.6. The van der Waals surface area contributed by atoms with Gasteiger partial charge in [0.05, 0.1) is 0 Å². The first-order chi connectivity index (χ1) is 21.4. The van der Waals surface area contributed by atoms with Gasteiger partial charge in [0.1, 0.15) is 34.3 Å². The van der Waals surface area contributed by atoms with Crippen molar-refractivity contribution < 1.29 is 23.7 Å². The maximum Gasteiger partial charge on any atom is 0.514 e. The topological polar surface area (TPSA) is 157 Å². The highest BCUT2D eigenvalue weighted by Crippen LogP contribution is 2.29. The zero-order chi connectivity index (χ0) is 32.4. The third-order valence-electron chi connectivity index (χ3n) is 5.30. The molecule has 0 aliphatic heterocycles. The Hall–Kier alpha value is -5.26. The number of carbonyl (C=O) groups is 1. The van der Waals surface area contributed by atoms with E-state index in [1.54, 1.807) is 69.3 Å². The maximum absolute atomic E-state index is 11.7. The van der Waals surface area contributed by atoms with Gasteiger partial charge in [-0.25, -0.2) is 4.79 Å². The lowest BCUT2D eigenvalue weighted by Crippen LogP contribution is -2.25. The molecule has 1 aromatic heterocycles. The largest absolute Gasteiger partial charge is 0.514 e. The highest BCUT2D eigenvalue weighted by Gasteiger charge is 2.18. The van der Waals surface area contributed by atoms with Crippen molar-refractivity contribution in [3.8, 4) is 28.7 Å². The molecule has 0 aliphatic rings. The highest BCUT2D eigenvalue weighted by molar-refractivity contribution is 6.31. The summed E-state index contributed by atoms with van der Waals surface area (Å²) in [5, 5.41) is 2.82. The van der Waals surface area contributed by atoms with Crippen LogP contribution in [-0.4, -0.2) is 26.7 Å². The Labute approximate surface area is 270 Å². The second-order valence-corrected chi connectivity index (χ2v) is 10.9. The summed E-state index contributed by atoms with van der Waals surface area (Å²) in [6.07, 6.45) is -0.791. The summed E-state index contributed by atoms with van der Waals surface area (Å²) < 4.78 is 21.7. The van der Waals surface area contributed by atoms with Crippen molar-refractivity contribution in [3.63, 3.8) is 0 Å². The number of nitrogen functional groups attached to an aromatic ring is 2. The second-order valence-electron chi connectivity index (χ2n) is 10.2. The van der Waals surface area contributed by atoms with Gasteiger partial charge in [0.2, 0.25) is 16.5 Å². The smallest absolute Gasteiger partial charge is 0.457 e. The molecule has 4 aromatic carbocycles. The second kappa shape index (κ2) is 15.0. The lowest BCUT2D eigenvalue weighted by atomic mass is 10.2. The van der Waals surface area contributed by atoms with Gasteiger partial charge in [0.15, 0.2) is 0 Å². The molecular weight excluding hydrogens is 619 g/mol. The van der Waals surface area contributed by atoms with Crippen LogP contribution in [0.15, 0.2) is 97.1 Å². The third kappa shape index (κ3) is 11.4. The Balaban J connectivity index is 0.000000205. The van der Waals surface area contributed by atoms with E-state index in [1.807, 2.05) is 48.5 Å². The van der Waals surface area contributed by atoms with E-state index in [1.165, 1.54) is 0 Å². The van der Waals surface area contributed by atoms with Crippen molar-refractivity contribution in [1.82, 2.24) is 15.0 Å². The summed E-state index contributed by atoms with van der Waals surface area (Å²) in [6, 6.07) is 28.5. The van der Waals surface area contributed by atoms with E-state index in [-0.39, 0.29) is 16.5 Å². The predicted molar refractivity (Wildman–Crippen MR) is 175 cm³/mol. The van der Waals surface area contributed by atoms with Gasteiger partial charge >= 0.3 is 6.16 Å². The summed E-state index contributed by atoms with van der Waals surface area (Å²) in [7, 11) is 0. The van der Waals surface area contributed by atoms with Crippen LogP contribution in [0.3, 0.4) is 0 Å². The summed E-state index contributed by atoms with van der Waals surface area (Å²) >= 11 is 11.4. The number of hydrogen-bond acceptors (Lipinski definition) is 11. The Morgan fingerprint density at radius 2 is 1.16 bits per heavy atom. The van der Waals surface area contributed by atoms with E-state index in [2.05, 4.69) is 20.3 Å². The molecule has 5 rings (SSSR count). The zero-order valence-corrected chi connectivity index (χ0v) is 26.0. The first-order valence-electron chi connectivity index (χ1n) is 13.4. The number of nitrogens with two attached hydrogens (primary N) is 2. The van der Waals surface area contributed by atoms with E-state index in [0.717, 1.165) is 11.5 Å². The lowest BCUT2D eigenvalue weighted by Gasteiger charge is -2.18. The van der Waals surface area contributed by atoms with E-state index in [9.17, 15) is 4.79 Å². The van der Waals surface area contributed by atoms with Gasteiger partial charge in [-0.3, -0.25) is 0 Å². The van der Waals surface area contributed by atoms with Crippen molar-refractivity contribution in [1.29, 1.82) is 0 Å². The van der Waals surface area contributed by atoms with Gasteiger partial charge in [0.25, 0.3) is 0 Å². The molecule has 0 saturated carbocycles. The van der Waals surface area contributed by atoms with Crippen LogP contribution in [0.1, 0.15) is 20.8 Å². The number of ether oxygens (including phenoxy) is 4. The van der Waals surface area contributed by atoms with E-state index >= 15 is 0 Å². The number of nitrogens with one attached hydrogen (secondary N) is 1. The van der Waals surface area contributed by atoms with Gasteiger partial charge in [0, 0.05) is 29.2 Å². The Morgan fingerprint density at radius 1 is 0.667 bits per heavy atom. The Kier molecular flexibility index (Phi) is 10.9. The molecule has 5 N–H and O–H groups in total. The fraction of sp³-hybridized carbons (Fsp3) is 0.125. The minimum Gasteiger partial charge on any atom is -0.457 e. The molecule has 0 amide bonds. The molecule has 0 radical (unpaired) electrons. The van der Waals surface area contributed by atoms with E-state index in [4.69, 9.17) is 53.6 Å². The molecule has 0 unspecified atom stereocenters. The van der Waals surface area contributed by atoms with Crippen molar-refractivity contribution in [2.24, 2.45) is 0 Å². The van der Waals surface area contributed by atoms with Gasteiger partial charge in [-0.1, -0.05) is 12.1 Å². The van der Waals surface area contributed by atoms with Crippen LogP contribution < -0.4 is 31.0 Å². The summed E-state index contributed by atoms with van der Waals surface area (Å²) in [4.78, 5) is 23.1. The fourth-order valence-corrected chi connectivity index (χ4v) is 3.82. The van der Waals surface area contributed by atoms with Crippen LogP contribution in [-0.2, 0) is 4.74 Å². The van der Waals surface area contributed by atoms with Crippen molar-refractivity contribution >= 4 is 52.4 Å². The molecule has 232 valence electrons. The van der Waals surface area contributed by atoms with Crippen LogP contribution in [0, 0.1) is 0 Å². The number of halogens is 2. The number of anilines is 4. The van der Waals surface area contributed by atoms with Crippen LogP contribution in [0.25, 0.3) is 0 Å². The standard InChI is InChI=1S/C18H16N2O2.C14H14Cl2N4O3/c19-13-4-8-15(9-5-13)21-17-2-1-3-18(12-17)22-16-10-6-14(20)7-11-16;1-14(2,3)23-13(21)22-9-6-4-5-8(7-9)17-12-19-10(15)18-11(16)20-12/h1-12H,19-20H2;4-7H,1-3H3,(H,17,18,19,20). The molecule has 5 aromatic rings. The van der Waals surface area contributed by atoms with E-state index in [0.29, 0.717) is 34.3 Å². The molecule has 0 aliphatic carbocycles. The molecular formula is C32H30Cl2N6O5. The first-order valence-corrected chi connectivity index (χ1v) is 14.2. The average molecular weight is 650 g/mol. The Bertz CT molecular complexity index is 1650. The molecule has 0 saturated heterocycles. The SMILES string of the molecule is CC(C)(C)OC(=O)Oc1cccc(Nc2nc(Cl)nc(Cl)n2)c1.Nc1ccc(Oc2cccc(Oc3ccc(N)cc3)c2)cc1. The number of nitrogens with zero attached hydrogens (tertiary/aromatic N) is 3. The number of hydrogen-bond donors (Lipinski definition) is 3. The Morgan fingerprint density at radius 3 is 1.67 bits per heavy atom. The quantitative estimate of drug-likeness (QED) is 0.0880. The third-order valence-corrected chi connectivity index (χ3v) is 5.64. The summed E-state index contributed by atoms with van der Waals surface area (Å²) in [5.41, 5.74) is 12.7. The first kappa shape index (κ1) is 32.6. The molecule has 0 atom stereocenters. The number of benzene rings is 4. The minimum atomic E-state index is -0.791. The summed E-state index contributed by atoms with van der Waals surface area (Å²) in [5.74, 6) is 3.30. The minimum absolute atomic E-state index is 0.0336. The molecule has 11 nitrogen and oxygen atoms in total. The molecule has 0 fully saturated rings. The zero-order valence-electron chi connectivity index (χ0n) is 24.5. The molecule has 0 spiro atoms. The van der Waals surface area contributed by atoms with Gasteiger partial charge in [-0.05, 0) is 117 Å². The lowest BCUT2D eigenvalue weighted by molar-refractivity contribution is 0.0206. The molecule has 1 heterocycles.